The Kier molecular flexibility index (Phi) is 6.75. The van der Waals surface area contributed by atoms with Crippen LogP contribution in [0.4, 0.5) is 5.69 Å². The first-order valence-electron chi connectivity index (χ1n) is 6.60. The summed E-state index contributed by atoms with van der Waals surface area (Å²) < 4.78 is 0. The third kappa shape index (κ3) is 4.65. The van der Waals surface area contributed by atoms with Crippen LogP contribution in [0.5, 0.6) is 0 Å². The molecule has 0 atom stereocenters. The molecule has 1 amide bonds. The van der Waals surface area contributed by atoms with Gasteiger partial charge in [0.05, 0.1) is 5.02 Å². The SMILES string of the molecule is CCN(CC)C(=O)CCNc1ccc(C(N)=S)c(Cl)c1. The Balaban J connectivity index is 2.53. The zero-order valence-electron chi connectivity index (χ0n) is 11.8. The van der Waals surface area contributed by atoms with E-state index >= 15 is 0 Å². The highest BCUT2D eigenvalue weighted by Crippen LogP contribution is 2.20. The lowest BCUT2D eigenvalue weighted by atomic mass is 10.2. The van der Waals surface area contributed by atoms with E-state index in [9.17, 15) is 4.79 Å². The van der Waals surface area contributed by atoms with Crippen molar-refractivity contribution >= 4 is 40.4 Å². The molecule has 0 saturated carbocycles. The van der Waals surface area contributed by atoms with Crippen LogP contribution in [0.2, 0.25) is 5.02 Å². The fraction of sp³-hybridized carbons (Fsp3) is 0.429. The topological polar surface area (TPSA) is 58.4 Å². The van der Waals surface area contributed by atoms with E-state index in [4.69, 9.17) is 29.6 Å². The average Bonchev–Trinajstić information content (AvgIpc) is 2.39. The quantitative estimate of drug-likeness (QED) is 0.760. The summed E-state index contributed by atoms with van der Waals surface area (Å²) in [6.07, 6.45) is 0.455. The fourth-order valence-corrected chi connectivity index (χ4v) is 2.39. The van der Waals surface area contributed by atoms with Crippen LogP contribution in [0.3, 0.4) is 0 Å². The molecule has 6 heteroatoms. The Bertz CT molecular complexity index is 489. The average molecular weight is 314 g/mol. The van der Waals surface area contributed by atoms with Crippen molar-refractivity contribution in [1.29, 1.82) is 0 Å². The molecule has 0 aromatic heterocycles. The van der Waals surface area contributed by atoms with Gasteiger partial charge in [0.2, 0.25) is 5.91 Å². The maximum Gasteiger partial charge on any atom is 0.224 e. The largest absolute Gasteiger partial charge is 0.389 e. The Morgan fingerprint density at radius 3 is 2.55 bits per heavy atom. The van der Waals surface area contributed by atoms with Gasteiger partial charge < -0.3 is 16.0 Å². The number of rotatable bonds is 7. The van der Waals surface area contributed by atoms with Crippen LogP contribution < -0.4 is 11.1 Å². The van der Waals surface area contributed by atoms with Crippen molar-refractivity contribution < 1.29 is 4.79 Å². The number of anilines is 1. The van der Waals surface area contributed by atoms with Crippen molar-refractivity contribution in [3.8, 4) is 0 Å². The number of carbonyl (C=O) groups is 1. The van der Waals surface area contributed by atoms with Crippen molar-refractivity contribution in [2.24, 2.45) is 5.73 Å². The highest BCUT2D eigenvalue weighted by Gasteiger charge is 2.09. The molecule has 1 rings (SSSR count). The maximum absolute atomic E-state index is 11.8. The molecule has 0 heterocycles. The molecule has 20 heavy (non-hydrogen) atoms. The Labute approximate surface area is 130 Å². The van der Waals surface area contributed by atoms with Crippen LogP contribution in [-0.4, -0.2) is 35.4 Å². The Morgan fingerprint density at radius 1 is 1.40 bits per heavy atom. The minimum Gasteiger partial charge on any atom is -0.389 e. The van der Waals surface area contributed by atoms with E-state index in [1.807, 2.05) is 24.8 Å². The molecule has 1 aromatic carbocycles. The van der Waals surface area contributed by atoms with Gasteiger partial charge in [-0.3, -0.25) is 4.79 Å². The van der Waals surface area contributed by atoms with E-state index in [0.29, 0.717) is 23.6 Å². The second-order valence-corrected chi connectivity index (χ2v) is 5.15. The molecule has 0 fully saturated rings. The van der Waals surface area contributed by atoms with Crippen molar-refractivity contribution in [3.05, 3.63) is 28.8 Å². The highest BCUT2D eigenvalue weighted by molar-refractivity contribution is 7.80. The van der Waals surface area contributed by atoms with Gasteiger partial charge in [-0.15, -0.1) is 0 Å². The minimum absolute atomic E-state index is 0.147. The van der Waals surface area contributed by atoms with Gasteiger partial charge in [0, 0.05) is 37.3 Å². The normalized spacial score (nSPS) is 10.2. The summed E-state index contributed by atoms with van der Waals surface area (Å²) >= 11 is 11.0. The number of benzene rings is 1. The fourth-order valence-electron chi connectivity index (χ4n) is 1.87. The smallest absolute Gasteiger partial charge is 0.224 e. The van der Waals surface area contributed by atoms with E-state index in [0.717, 1.165) is 18.8 Å². The molecular formula is C14H20ClN3OS. The predicted octanol–water partition coefficient (Wildman–Crippen LogP) is 2.64. The number of nitrogens with zero attached hydrogens (tertiary/aromatic N) is 1. The summed E-state index contributed by atoms with van der Waals surface area (Å²) in [6, 6.07) is 5.39. The first-order chi connectivity index (χ1) is 9.49. The van der Waals surface area contributed by atoms with Gasteiger partial charge in [-0.2, -0.15) is 0 Å². The van der Waals surface area contributed by atoms with Crippen molar-refractivity contribution in [1.82, 2.24) is 4.90 Å². The number of nitrogens with one attached hydrogen (secondary N) is 1. The first kappa shape index (κ1) is 16.7. The van der Waals surface area contributed by atoms with Gasteiger partial charge in [-0.25, -0.2) is 0 Å². The Morgan fingerprint density at radius 2 is 2.05 bits per heavy atom. The van der Waals surface area contributed by atoms with E-state index in [2.05, 4.69) is 5.32 Å². The molecule has 110 valence electrons. The van der Waals surface area contributed by atoms with Crippen LogP contribution in [0.25, 0.3) is 0 Å². The van der Waals surface area contributed by atoms with E-state index in [1.165, 1.54) is 0 Å². The van der Waals surface area contributed by atoms with Crippen molar-refractivity contribution in [3.63, 3.8) is 0 Å². The lowest BCUT2D eigenvalue weighted by Gasteiger charge is -2.18. The summed E-state index contributed by atoms with van der Waals surface area (Å²) in [4.78, 5) is 13.9. The molecule has 0 radical (unpaired) electrons. The molecule has 0 bridgehead atoms. The Hall–Kier alpha value is -1.33. The number of nitrogens with two attached hydrogens (primary N) is 1. The molecule has 0 spiro atoms. The maximum atomic E-state index is 11.8. The predicted molar refractivity (Wildman–Crippen MR) is 88.4 cm³/mol. The number of thiocarbonyl (C=S) groups is 1. The molecule has 0 saturated heterocycles. The molecular weight excluding hydrogens is 294 g/mol. The summed E-state index contributed by atoms with van der Waals surface area (Å²) in [6.45, 7) is 6.00. The van der Waals surface area contributed by atoms with E-state index < -0.39 is 0 Å². The molecule has 3 N–H and O–H groups in total. The van der Waals surface area contributed by atoms with Crippen LogP contribution in [0, 0.1) is 0 Å². The molecule has 4 nitrogen and oxygen atoms in total. The third-order valence-electron chi connectivity index (χ3n) is 3.02. The van der Waals surface area contributed by atoms with Gasteiger partial charge in [0.15, 0.2) is 0 Å². The lowest BCUT2D eigenvalue weighted by molar-refractivity contribution is -0.130. The van der Waals surface area contributed by atoms with Crippen LogP contribution >= 0.6 is 23.8 Å². The highest BCUT2D eigenvalue weighted by atomic mass is 35.5. The van der Waals surface area contributed by atoms with Crippen molar-refractivity contribution in [2.75, 3.05) is 25.0 Å². The van der Waals surface area contributed by atoms with E-state index in [1.54, 1.807) is 12.1 Å². The second kappa shape index (κ2) is 8.07. The van der Waals surface area contributed by atoms with Crippen LogP contribution in [0.1, 0.15) is 25.8 Å². The molecule has 0 aliphatic heterocycles. The molecule has 0 aliphatic carbocycles. The number of hydrogen-bond acceptors (Lipinski definition) is 3. The lowest BCUT2D eigenvalue weighted by Crippen LogP contribution is -2.31. The molecule has 1 aromatic rings. The third-order valence-corrected chi connectivity index (χ3v) is 3.55. The van der Waals surface area contributed by atoms with Gasteiger partial charge in [0.1, 0.15) is 4.99 Å². The van der Waals surface area contributed by atoms with Gasteiger partial charge in [-0.05, 0) is 32.0 Å². The van der Waals surface area contributed by atoms with Crippen molar-refractivity contribution in [2.45, 2.75) is 20.3 Å². The first-order valence-corrected chi connectivity index (χ1v) is 7.39. The van der Waals surface area contributed by atoms with Crippen LogP contribution in [0.15, 0.2) is 18.2 Å². The van der Waals surface area contributed by atoms with Gasteiger partial charge >= 0.3 is 0 Å². The van der Waals surface area contributed by atoms with Crippen LogP contribution in [-0.2, 0) is 4.79 Å². The summed E-state index contributed by atoms with van der Waals surface area (Å²) in [5, 5.41) is 3.68. The van der Waals surface area contributed by atoms with E-state index in [-0.39, 0.29) is 10.9 Å². The number of carbonyl (C=O) groups excluding carboxylic acids is 1. The summed E-state index contributed by atoms with van der Waals surface area (Å²) in [5.74, 6) is 0.147. The summed E-state index contributed by atoms with van der Waals surface area (Å²) in [5.41, 5.74) is 7.05. The second-order valence-electron chi connectivity index (χ2n) is 4.30. The minimum atomic E-state index is 0.147. The van der Waals surface area contributed by atoms with Gasteiger partial charge in [0.25, 0.3) is 0 Å². The monoisotopic (exact) mass is 313 g/mol. The molecule has 0 unspecified atom stereocenters. The van der Waals surface area contributed by atoms with Gasteiger partial charge in [-0.1, -0.05) is 23.8 Å². The number of halogens is 1. The number of hydrogen-bond donors (Lipinski definition) is 2. The summed E-state index contributed by atoms with van der Waals surface area (Å²) in [7, 11) is 0. The number of amides is 1. The zero-order chi connectivity index (χ0) is 15.1. The molecule has 0 aliphatic rings. The standard InChI is InChI=1S/C14H20ClN3OS/c1-3-18(4-2)13(19)7-8-17-10-5-6-11(14(16)20)12(15)9-10/h5-6,9,17H,3-4,7-8H2,1-2H3,(H2,16,20). The zero-order valence-corrected chi connectivity index (χ0v) is 13.4.